The molecule has 9 nitrogen and oxygen atoms in total. The summed E-state index contributed by atoms with van der Waals surface area (Å²) in [7, 11) is -8.19. The first-order valence-electron chi connectivity index (χ1n) is 10.7. The van der Waals surface area contributed by atoms with Crippen LogP contribution in [-0.4, -0.2) is 50.8 Å². The van der Waals surface area contributed by atoms with E-state index in [2.05, 4.69) is 32.4 Å². The smallest absolute Gasteiger partial charge is 0.245 e. The lowest BCUT2D eigenvalue weighted by Gasteiger charge is -2.21. The summed E-state index contributed by atoms with van der Waals surface area (Å²) in [5.41, 5.74) is 3.48. The Balaban J connectivity index is 1.71. The fourth-order valence-electron chi connectivity index (χ4n) is 3.81. The van der Waals surface area contributed by atoms with Crippen LogP contribution in [0.4, 0.5) is 11.5 Å². The van der Waals surface area contributed by atoms with Crippen molar-refractivity contribution in [2.75, 3.05) is 28.1 Å². The molecule has 11 heteroatoms. The van der Waals surface area contributed by atoms with Crippen LogP contribution >= 0.6 is 0 Å². The molecule has 35 heavy (non-hydrogen) atoms. The quantitative estimate of drug-likeness (QED) is 0.382. The third-order valence-electron chi connectivity index (χ3n) is 5.38. The van der Waals surface area contributed by atoms with Gasteiger partial charge in [0, 0.05) is 23.7 Å². The number of rotatable bonds is 8. The number of sulfonamides is 2. The number of aromatic nitrogens is 3. The predicted octanol–water partition coefficient (Wildman–Crippen LogP) is 3.38. The highest BCUT2D eigenvalue weighted by Crippen LogP contribution is 2.32. The van der Waals surface area contributed by atoms with Gasteiger partial charge in [-0.3, -0.25) is 4.98 Å². The van der Waals surface area contributed by atoms with Gasteiger partial charge >= 0.3 is 0 Å². The van der Waals surface area contributed by atoms with E-state index in [9.17, 15) is 16.8 Å². The molecule has 2 aromatic carbocycles. The normalized spacial score (nSPS) is 12.0. The van der Waals surface area contributed by atoms with Crippen LogP contribution in [0.3, 0.4) is 0 Å². The lowest BCUT2D eigenvalue weighted by molar-refractivity contribution is 0.590. The zero-order valence-electron chi connectivity index (χ0n) is 19.5. The van der Waals surface area contributed by atoms with Crippen molar-refractivity contribution in [1.29, 1.82) is 0 Å². The van der Waals surface area contributed by atoms with Gasteiger partial charge in [0.05, 0.1) is 29.4 Å². The fraction of sp³-hybridized carbons (Fsp3) is 0.208. The number of hydrogen-bond acceptors (Lipinski definition) is 8. The molecule has 0 saturated heterocycles. The SMILES string of the molecule is Cc1ncc(-c2ccc3ncnc(NCCc4ccccc4)c3c2)cc1N(S(C)(=O)=O)S(C)(=O)=O. The summed E-state index contributed by atoms with van der Waals surface area (Å²) in [4.78, 5) is 13.0. The van der Waals surface area contributed by atoms with Crippen LogP contribution in [-0.2, 0) is 26.5 Å². The average Bonchev–Trinajstić information content (AvgIpc) is 2.79. The number of aryl methyl sites for hydroxylation is 1. The molecule has 0 fully saturated rings. The Bertz CT molecular complexity index is 1560. The Morgan fingerprint density at radius 3 is 2.26 bits per heavy atom. The van der Waals surface area contributed by atoms with Crippen LogP contribution in [0.1, 0.15) is 11.3 Å². The number of hydrogen-bond donors (Lipinski definition) is 1. The fourth-order valence-corrected chi connectivity index (χ4v) is 6.87. The topological polar surface area (TPSA) is 122 Å². The summed E-state index contributed by atoms with van der Waals surface area (Å²) in [6, 6.07) is 17.2. The van der Waals surface area contributed by atoms with Crippen LogP contribution in [0.25, 0.3) is 22.0 Å². The number of fused-ring (bicyclic) bond motifs is 1. The standard InChI is InChI=1S/C24H25N5O4S2/c1-17-23(29(34(2,30)31)35(3,32)33)14-20(15-26-17)19-9-10-22-21(13-19)24(28-16-27-22)25-12-11-18-7-5-4-6-8-18/h4-10,13-16H,11-12H2,1-3H3,(H,25,27,28). The average molecular weight is 512 g/mol. The second-order valence-corrected chi connectivity index (χ2v) is 12.1. The molecule has 0 aliphatic heterocycles. The van der Waals surface area contributed by atoms with Crippen molar-refractivity contribution in [3.05, 3.63) is 78.4 Å². The molecule has 0 spiro atoms. The van der Waals surface area contributed by atoms with E-state index >= 15 is 0 Å². The van der Waals surface area contributed by atoms with E-state index in [0.717, 1.165) is 29.8 Å². The molecule has 0 saturated carbocycles. The van der Waals surface area contributed by atoms with Gasteiger partial charge < -0.3 is 5.32 Å². The number of anilines is 2. The van der Waals surface area contributed by atoms with E-state index in [1.807, 2.05) is 36.4 Å². The van der Waals surface area contributed by atoms with Crippen LogP contribution in [0, 0.1) is 6.92 Å². The second kappa shape index (κ2) is 9.59. The molecular formula is C24H25N5O4S2. The first kappa shape index (κ1) is 24.6. The van der Waals surface area contributed by atoms with E-state index in [4.69, 9.17) is 0 Å². The summed E-state index contributed by atoms with van der Waals surface area (Å²) >= 11 is 0. The second-order valence-electron chi connectivity index (χ2n) is 8.17. The van der Waals surface area contributed by atoms with Crippen LogP contribution in [0.2, 0.25) is 0 Å². The van der Waals surface area contributed by atoms with Gasteiger partial charge in [0.1, 0.15) is 12.1 Å². The van der Waals surface area contributed by atoms with Gasteiger partial charge in [-0.15, -0.1) is 0 Å². The molecule has 1 N–H and O–H groups in total. The van der Waals surface area contributed by atoms with Crippen LogP contribution < -0.4 is 9.03 Å². The maximum atomic E-state index is 12.3. The molecule has 0 amide bonds. The molecule has 2 aromatic heterocycles. The zero-order chi connectivity index (χ0) is 25.2. The minimum Gasteiger partial charge on any atom is -0.369 e. The third kappa shape index (κ3) is 5.57. The highest BCUT2D eigenvalue weighted by Gasteiger charge is 2.29. The van der Waals surface area contributed by atoms with Gasteiger partial charge in [0.15, 0.2) is 0 Å². The molecule has 0 atom stereocenters. The van der Waals surface area contributed by atoms with E-state index in [0.29, 0.717) is 27.2 Å². The van der Waals surface area contributed by atoms with Crippen LogP contribution in [0.5, 0.6) is 0 Å². The summed E-state index contributed by atoms with van der Waals surface area (Å²) in [5, 5.41) is 4.14. The Morgan fingerprint density at radius 2 is 1.57 bits per heavy atom. The minimum absolute atomic E-state index is 0.0156. The zero-order valence-corrected chi connectivity index (χ0v) is 21.1. The Hall–Kier alpha value is -3.57. The number of nitrogens with one attached hydrogen (secondary N) is 1. The van der Waals surface area contributed by atoms with Crippen molar-refractivity contribution in [3.8, 4) is 11.1 Å². The van der Waals surface area contributed by atoms with Crippen molar-refractivity contribution in [1.82, 2.24) is 15.0 Å². The lowest BCUT2D eigenvalue weighted by atomic mass is 10.0. The Labute approximate surface area is 205 Å². The minimum atomic E-state index is -4.10. The molecule has 2 heterocycles. The van der Waals surface area contributed by atoms with Gasteiger partial charge in [-0.1, -0.05) is 36.4 Å². The molecular weight excluding hydrogens is 486 g/mol. The summed E-state index contributed by atoms with van der Waals surface area (Å²) in [6.07, 6.45) is 5.59. The maximum absolute atomic E-state index is 12.3. The Kier molecular flexibility index (Phi) is 6.73. The third-order valence-corrected chi connectivity index (χ3v) is 8.60. The number of benzene rings is 2. The van der Waals surface area contributed by atoms with Crippen molar-refractivity contribution in [3.63, 3.8) is 0 Å². The molecule has 4 rings (SSSR count). The van der Waals surface area contributed by atoms with Crippen molar-refractivity contribution >= 4 is 42.5 Å². The van der Waals surface area contributed by atoms with Gasteiger partial charge in [0.2, 0.25) is 20.0 Å². The largest absolute Gasteiger partial charge is 0.369 e. The van der Waals surface area contributed by atoms with Crippen LogP contribution in [0.15, 0.2) is 67.1 Å². The summed E-state index contributed by atoms with van der Waals surface area (Å²) in [6.45, 7) is 2.24. The van der Waals surface area contributed by atoms with Gasteiger partial charge in [-0.05, 0) is 42.7 Å². The van der Waals surface area contributed by atoms with Crippen molar-refractivity contribution in [2.24, 2.45) is 0 Å². The first-order chi connectivity index (χ1) is 16.5. The maximum Gasteiger partial charge on any atom is 0.245 e. The molecule has 0 bridgehead atoms. The molecule has 0 aliphatic carbocycles. The highest BCUT2D eigenvalue weighted by molar-refractivity contribution is 8.09. The summed E-state index contributed by atoms with van der Waals surface area (Å²) in [5.74, 6) is 0.668. The first-order valence-corrected chi connectivity index (χ1v) is 14.4. The summed E-state index contributed by atoms with van der Waals surface area (Å²) < 4.78 is 49.6. The van der Waals surface area contributed by atoms with E-state index in [-0.39, 0.29) is 11.4 Å². The van der Waals surface area contributed by atoms with Gasteiger partial charge in [-0.2, -0.15) is 3.71 Å². The van der Waals surface area contributed by atoms with Gasteiger partial charge in [0.25, 0.3) is 0 Å². The van der Waals surface area contributed by atoms with Crippen molar-refractivity contribution < 1.29 is 16.8 Å². The van der Waals surface area contributed by atoms with E-state index in [1.165, 1.54) is 18.0 Å². The van der Waals surface area contributed by atoms with Gasteiger partial charge in [-0.25, -0.2) is 26.8 Å². The van der Waals surface area contributed by atoms with Crippen molar-refractivity contribution in [2.45, 2.75) is 13.3 Å². The Morgan fingerprint density at radius 1 is 0.857 bits per heavy atom. The molecule has 0 radical (unpaired) electrons. The number of nitrogens with zero attached hydrogens (tertiary/aromatic N) is 4. The molecule has 4 aromatic rings. The predicted molar refractivity (Wildman–Crippen MR) is 138 cm³/mol. The lowest BCUT2D eigenvalue weighted by Crippen LogP contribution is -2.35. The molecule has 182 valence electrons. The molecule has 0 aliphatic rings. The van der Waals surface area contributed by atoms with E-state index < -0.39 is 20.0 Å². The van der Waals surface area contributed by atoms with E-state index in [1.54, 1.807) is 13.1 Å². The molecule has 0 unspecified atom stereocenters. The monoisotopic (exact) mass is 511 g/mol. The number of pyridine rings is 1. The highest BCUT2D eigenvalue weighted by atomic mass is 32.3.